The number of carbonyl (C=O) groups excluding carboxylic acids is 1. The maximum absolute atomic E-state index is 12.5. The first-order chi connectivity index (χ1) is 11.6. The van der Waals surface area contributed by atoms with E-state index in [4.69, 9.17) is 21.2 Å². The summed E-state index contributed by atoms with van der Waals surface area (Å²) in [6.45, 7) is 1.86. The van der Waals surface area contributed by atoms with E-state index in [2.05, 4.69) is 10.5 Å². The maximum Gasteiger partial charge on any atom is 0.268 e. The normalized spacial score (nSPS) is 16.3. The van der Waals surface area contributed by atoms with Crippen LogP contribution in [-0.2, 0) is 9.63 Å². The lowest BCUT2D eigenvalue weighted by Gasteiger charge is -2.14. The fraction of sp³-hybridized carbons (Fsp3) is 0.222. The number of rotatable bonds is 4. The number of aryl methyl sites for hydroxylation is 1. The van der Waals surface area contributed by atoms with Crippen molar-refractivity contribution < 1.29 is 14.4 Å². The zero-order valence-electron chi connectivity index (χ0n) is 13.4. The van der Waals surface area contributed by atoms with E-state index < -0.39 is 6.10 Å². The Bertz CT molecular complexity index is 790. The van der Waals surface area contributed by atoms with Crippen molar-refractivity contribution in [3.05, 3.63) is 58.6 Å². The molecule has 2 aromatic carbocycles. The molecule has 1 N–H and O–H groups in total. The lowest BCUT2D eigenvalue weighted by Crippen LogP contribution is -2.28. The first-order valence-corrected chi connectivity index (χ1v) is 7.89. The second-order valence-corrected chi connectivity index (χ2v) is 5.90. The van der Waals surface area contributed by atoms with Crippen molar-refractivity contribution >= 4 is 28.9 Å². The van der Waals surface area contributed by atoms with Crippen LogP contribution >= 0.6 is 11.6 Å². The highest BCUT2D eigenvalue weighted by atomic mass is 35.5. The summed E-state index contributed by atoms with van der Waals surface area (Å²) < 4.78 is 5.27. The van der Waals surface area contributed by atoms with E-state index in [1.165, 1.54) is 7.11 Å². The van der Waals surface area contributed by atoms with Gasteiger partial charge in [-0.2, -0.15) is 0 Å². The number of halogens is 1. The van der Waals surface area contributed by atoms with Crippen LogP contribution in [0.2, 0.25) is 5.02 Å². The fourth-order valence-corrected chi connectivity index (χ4v) is 2.62. The van der Waals surface area contributed by atoms with Gasteiger partial charge >= 0.3 is 0 Å². The second kappa shape index (κ2) is 6.93. The van der Waals surface area contributed by atoms with Crippen molar-refractivity contribution in [3.63, 3.8) is 0 Å². The molecule has 0 radical (unpaired) electrons. The Morgan fingerprint density at radius 1 is 1.33 bits per heavy atom. The van der Waals surface area contributed by atoms with Gasteiger partial charge in [0.15, 0.2) is 0 Å². The fourth-order valence-electron chi connectivity index (χ4n) is 2.46. The summed E-state index contributed by atoms with van der Waals surface area (Å²) >= 11 is 6.08. The van der Waals surface area contributed by atoms with Crippen molar-refractivity contribution in [2.75, 3.05) is 12.4 Å². The van der Waals surface area contributed by atoms with E-state index in [1.807, 2.05) is 37.3 Å². The number of benzene rings is 2. The highest BCUT2D eigenvalue weighted by Gasteiger charge is 2.29. The monoisotopic (exact) mass is 344 g/mol. The van der Waals surface area contributed by atoms with E-state index in [-0.39, 0.29) is 5.91 Å². The minimum absolute atomic E-state index is 0.273. The molecule has 0 bridgehead atoms. The summed E-state index contributed by atoms with van der Waals surface area (Å²) in [5.74, 6) is 0.228. The van der Waals surface area contributed by atoms with E-state index in [0.29, 0.717) is 22.9 Å². The van der Waals surface area contributed by atoms with Crippen LogP contribution < -0.4 is 10.1 Å². The molecule has 0 spiro atoms. The van der Waals surface area contributed by atoms with Gasteiger partial charge in [0, 0.05) is 17.5 Å². The predicted molar refractivity (Wildman–Crippen MR) is 93.8 cm³/mol. The smallest absolute Gasteiger partial charge is 0.268 e. The summed E-state index contributed by atoms with van der Waals surface area (Å²) in [5, 5.41) is 7.43. The number of amides is 1. The van der Waals surface area contributed by atoms with Crippen LogP contribution in [0.25, 0.3) is 0 Å². The van der Waals surface area contributed by atoms with Gasteiger partial charge in [0.05, 0.1) is 18.5 Å². The molecule has 2 aromatic rings. The van der Waals surface area contributed by atoms with Gasteiger partial charge in [-0.15, -0.1) is 0 Å². The molecule has 0 fully saturated rings. The molecular formula is C18H17ClN2O3. The highest BCUT2D eigenvalue weighted by Crippen LogP contribution is 2.31. The molecule has 0 saturated carbocycles. The van der Waals surface area contributed by atoms with Crippen molar-refractivity contribution in [1.29, 1.82) is 0 Å². The lowest BCUT2D eigenvalue weighted by atomic mass is 10.0. The van der Waals surface area contributed by atoms with Gasteiger partial charge < -0.3 is 14.9 Å². The minimum Gasteiger partial charge on any atom is -0.495 e. The van der Waals surface area contributed by atoms with Crippen LogP contribution in [0.3, 0.4) is 0 Å². The zero-order chi connectivity index (χ0) is 17.1. The van der Waals surface area contributed by atoms with E-state index in [1.54, 1.807) is 12.1 Å². The first kappa shape index (κ1) is 16.3. The van der Waals surface area contributed by atoms with E-state index in [9.17, 15) is 4.79 Å². The molecule has 1 aliphatic heterocycles. The molecule has 5 nitrogen and oxygen atoms in total. The summed E-state index contributed by atoms with van der Waals surface area (Å²) in [6.07, 6.45) is -0.244. The Labute approximate surface area is 145 Å². The number of methoxy groups -OCH3 is 1. The van der Waals surface area contributed by atoms with Gasteiger partial charge in [-0.3, -0.25) is 4.79 Å². The molecule has 1 atom stereocenters. The molecule has 1 unspecified atom stereocenters. The topological polar surface area (TPSA) is 59.9 Å². The largest absolute Gasteiger partial charge is 0.495 e. The number of hydrogen-bond donors (Lipinski definition) is 1. The predicted octanol–water partition coefficient (Wildman–Crippen LogP) is 3.79. The van der Waals surface area contributed by atoms with Crippen LogP contribution in [0.1, 0.15) is 17.5 Å². The molecule has 1 aliphatic rings. The third-order valence-corrected chi connectivity index (χ3v) is 4.21. The van der Waals surface area contributed by atoms with Crippen molar-refractivity contribution in [2.45, 2.75) is 19.4 Å². The number of hydrogen-bond acceptors (Lipinski definition) is 4. The number of ether oxygens (including phenoxy) is 1. The average Bonchev–Trinajstić information content (AvgIpc) is 3.09. The van der Waals surface area contributed by atoms with Gasteiger partial charge in [-0.25, -0.2) is 0 Å². The van der Waals surface area contributed by atoms with Crippen LogP contribution in [0.5, 0.6) is 5.75 Å². The van der Waals surface area contributed by atoms with Crippen LogP contribution in [0, 0.1) is 6.92 Å². The molecule has 0 saturated heterocycles. The molecule has 6 heteroatoms. The van der Waals surface area contributed by atoms with Crippen LogP contribution in [-0.4, -0.2) is 24.8 Å². The Morgan fingerprint density at radius 2 is 2.08 bits per heavy atom. The van der Waals surface area contributed by atoms with Crippen LogP contribution in [0.4, 0.5) is 5.69 Å². The molecular weight excluding hydrogens is 328 g/mol. The number of oxime groups is 1. The van der Waals surface area contributed by atoms with Gasteiger partial charge in [0.1, 0.15) is 5.75 Å². The molecule has 1 amide bonds. The highest BCUT2D eigenvalue weighted by molar-refractivity contribution is 6.31. The van der Waals surface area contributed by atoms with Gasteiger partial charge in [-0.05, 0) is 24.1 Å². The van der Waals surface area contributed by atoms with Crippen molar-refractivity contribution in [2.24, 2.45) is 5.16 Å². The molecule has 124 valence electrons. The Kier molecular flexibility index (Phi) is 4.71. The first-order valence-electron chi connectivity index (χ1n) is 7.51. The average molecular weight is 345 g/mol. The molecule has 24 heavy (non-hydrogen) atoms. The van der Waals surface area contributed by atoms with E-state index in [0.717, 1.165) is 16.8 Å². The standard InChI is InChI=1S/C18H17ClN2O3/c1-11-8-15(16(23-2)9-13(11)19)20-18(22)17-10-14(21-24-17)12-6-4-3-5-7-12/h3-9,17H,10H2,1-2H3,(H,20,22). The van der Waals surface area contributed by atoms with E-state index >= 15 is 0 Å². The number of nitrogens with one attached hydrogen (secondary N) is 1. The molecule has 3 rings (SSSR count). The summed E-state index contributed by atoms with van der Waals surface area (Å²) in [5.41, 5.74) is 3.12. The van der Waals surface area contributed by atoms with Crippen molar-refractivity contribution in [3.8, 4) is 5.75 Å². The third-order valence-electron chi connectivity index (χ3n) is 3.81. The van der Waals surface area contributed by atoms with Crippen LogP contribution in [0.15, 0.2) is 47.6 Å². The number of nitrogens with zero attached hydrogens (tertiary/aromatic N) is 1. The number of carbonyl (C=O) groups is 1. The number of anilines is 1. The molecule has 1 heterocycles. The summed E-state index contributed by atoms with van der Waals surface area (Å²) in [4.78, 5) is 17.7. The Balaban J connectivity index is 1.70. The summed E-state index contributed by atoms with van der Waals surface area (Å²) in [6, 6.07) is 13.1. The molecule has 0 aromatic heterocycles. The quantitative estimate of drug-likeness (QED) is 0.918. The SMILES string of the molecule is COc1cc(Cl)c(C)cc1NC(=O)C1CC(c2ccccc2)=NO1. The molecule has 0 aliphatic carbocycles. The second-order valence-electron chi connectivity index (χ2n) is 5.49. The maximum atomic E-state index is 12.5. The minimum atomic E-state index is -0.666. The Hall–Kier alpha value is -2.53. The summed E-state index contributed by atoms with van der Waals surface area (Å²) in [7, 11) is 1.53. The van der Waals surface area contributed by atoms with Gasteiger partial charge in [0.25, 0.3) is 5.91 Å². The Morgan fingerprint density at radius 3 is 2.79 bits per heavy atom. The van der Waals surface area contributed by atoms with Gasteiger partial charge in [-0.1, -0.05) is 47.1 Å². The lowest BCUT2D eigenvalue weighted by molar-refractivity contribution is -0.125. The van der Waals surface area contributed by atoms with Gasteiger partial charge in [0.2, 0.25) is 6.10 Å². The zero-order valence-corrected chi connectivity index (χ0v) is 14.1. The van der Waals surface area contributed by atoms with Crippen molar-refractivity contribution in [1.82, 2.24) is 0 Å². The third kappa shape index (κ3) is 3.36.